The van der Waals surface area contributed by atoms with Gasteiger partial charge in [0, 0.05) is 41.2 Å². The van der Waals surface area contributed by atoms with Gasteiger partial charge in [0.15, 0.2) is 5.60 Å². The molecule has 0 aromatic heterocycles. The van der Waals surface area contributed by atoms with Crippen molar-refractivity contribution in [3.63, 3.8) is 0 Å². The number of likely N-dealkylation sites (tertiary alicyclic amines) is 1. The number of aliphatic hydroxyl groups is 2. The number of amides is 3. The summed E-state index contributed by atoms with van der Waals surface area (Å²) in [5.41, 5.74) is 0.899. The molecule has 0 saturated carbocycles. The fraction of sp³-hybridized carbons (Fsp3) is 0.469. The first kappa shape index (κ1) is 30.4. The molecular weight excluding hydrogens is 600 g/mol. The molecule has 42 heavy (non-hydrogen) atoms. The van der Waals surface area contributed by atoms with E-state index in [9.17, 15) is 24.6 Å². The predicted octanol–water partition coefficient (Wildman–Crippen LogP) is 3.69. The average Bonchev–Trinajstić information content (AvgIpc) is 3.56. The van der Waals surface area contributed by atoms with Gasteiger partial charge in [-0.05, 0) is 68.1 Å². The van der Waals surface area contributed by atoms with Gasteiger partial charge in [-0.3, -0.25) is 14.4 Å². The minimum Gasteiger partial charge on any atom is -0.394 e. The Bertz CT molecular complexity index is 1340. The van der Waals surface area contributed by atoms with E-state index >= 15 is 0 Å². The Hall–Kier alpha value is -3.05. The normalized spacial score (nSPS) is 24.7. The van der Waals surface area contributed by atoms with Crippen molar-refractivity contribution in [3.05, 3.63) is 70.2 Å². The number of benzene rings is 2. The summed E-state index contributed by atoms with van der Waals surface area (Å²) in [4.78, 5) is 42.5. The molecule has 0 bridgehead atoms. The van der Waals surface area contributed by atoms with Crippen molar-refractivity contribution < 1.29 is 24.6 Å². The van der Waals surface area contributed by atoms with E-state index in [1.165, 1.54) is 0 Å². The summed E-state index contributed by atoms with van der Waals surface area (Å²) in [7, 11) is 0. The Labute approximate surface area is 255 Å². The zero-order chi connectivity index (χ0) is 29.9. The van der Waals surface area contributed by atoms with Gasteiger partial charge < -0.3 is 30.6 Å². The van der Waals surface area contributed by atoms with Crippen LogP contribution in [0.4, 0.5) is 11.4 Å². The number of piperidine rings is 1. The number of hydrogen-bond donors (Lipinski definition) is 4. The highest BCUT2D eigenvalue weighted by atomic mass is 79.9. The van der Waals surface area contributed by atoms with Crippen LogP contribution in [-0.2, 0) is 26.5 Å². The highest BCUT2D eigenvalue weighted by Gasteiger charge is 2.52. The first-order valence-electron chi connectivity index (χ1n) is 14.7. The standard InChI is InChI=1S/C32H39BrN4O5/c1-21(5-2-8-29(39)36-16-4-7-26(36)20-38)32(42)27-17-24(33)11-14-28(27)37(31(32)41)19-22-9-12-25(13-10-22)35-30(40)23-6-3-15-34-18-23/h2,5,9-14,17,21,23,26,34,38,42H,3-4,6-8,15-16,18-20H2,1H3,(H,35,40)/b5-2+/t21-,23?,26+,32+/m1/s1. The number of hydrogen-bond acceptors (Lipinski definition) is 6. The van der Waals surface area contributed by atoms with Crippen LogP contribution < -0.4 is 15.5 Å². The Balaban J connectivity index is 1.28. The van der Waals surface area contributed by atoms with Crippen LogP contribution in [0.5, 0.6) is 0 Å². The molecule has 0 spiro atoms. The molecule has 0 radical (unpaired) electrons. The van der Waals surface area contributed by atoms with Gasteiger partial charge in [-0.25, -0.2) is 0 Å². The van der Waals surface area contributed by atoms with Crippen molar-refractivity contribution in [1.29, 1.82) is 0 Å². The zero-order valence-corrected chi connectivity index (χ0v) is 25.5. The van der Waals surface area contributed by atoms with E-state index < -0.39 is 17.4 Å². The van der Waals surface area contributed by atoms with Crippen LogP contribution in [-0.4, -0.2) is 65.1 Å². The number of carbonyl (C=O) groups is 3. The summed E-state index contributed by atoms with van der Waals surface area (Å²) >= 11 is 3.48. The van der Waals surface area contributed by atoms with E-state index in [0.717, 1.165) is 42.3 Å². The van der Waals surface area contributed by atoms with Gasteiger partial charge in [0.2, 0.25) is 11.8 Å². The molecule has 2 saturated heterocycles. The molecule has 2 fully saturated rings. The lowest BCUT2D eigenvalue weighted by molar-refractivity contribution is -0.139. The Morgan fingerprint density at radius 3 is 2.69 bits per heavy atom. The minimum absolute atomic E-state index is 0.00613. The van der Waals surface area contributed by atoms with Crippen molar-refractivity contribution in [2.24, 2.45) is 11.8 Å². The Kier molecular flexibility index (Phi) is 9.47. The molecular formula is C32H39BrN4O5. The van der Waals surface area contributed by atoms with Gasteiger partial charge >= 0.3 is 0 Å². The molecule has 10 heteroatoms. The van der Waals surface area contributed by atoms with Gasteiger partial charge in [0.25, 0.3) is 5.91 Å². The molecule has 3 aliphatic heterocycles. The number of nitrogens with zero attached hydrogens (tertiary/aromatic N) is 2. The SMILES string of the molecule is C[C@H](/C=C/CC(=O)N1CCC[C@H]1CO)[C@@]1(O)C(=O)N(Cc2ccc(NC(=O)C3CCCNC3)cc2)c2ccc(Br)cc21. The smallest absolute Gasteiger partial charge is 0.264 e. The molecule has 4 atom stereocenters. The highest BCUT2D eigenvalue weighted by molar-refractivity contribution is 9.10. The Morgan fingerprint density at radius 1 is 1.19 bits per heavy atom. The molecule has 2 aromatic carbocycles. The summed E-state index contributed by atoms with van der Waals surface area (Å²) in [5, 5.41) is 27.7. The molecule has 2 aromatic rings. The van der Waals surface area contributed by atoms with Crippen LogP contribution >= 0.6 is 15.9 Å². The second-order valence-electron chi connectivity index (χ2n) is 11.5. The summed E-state index contributed by atoms with van der Waals surface area (Å²) < 4.78 is 0.748. The number of fused-ring (bicyclic) bond motifs is 1. The van der Waals surface area contributed by atoms with E-state index in [2.05, 4.69) is 26.6 Å². The maximum Gasteiger partial charge on any atom is 0.264 e. The molecule has 1 unspecified atom stereocenters. The van der Waals surface area contributed by atoms with Crippen molar-refractivity contribution in [2.45, 2.75) is 57.2 Å². The Morgan fingerprint density at radius 2 is 1.98 bits per heavy atom. The quantitative estimate of drug-likeness (QED) is 0.311. The summed E-state index contributed by atoms with van der Waals surface area (Å²) in [5.74, 6) is -1.14. The molecule has 3 amide bonds. The molecule has 3 heterocycles. The average molecular weight is 640 g/mol. The first-order valence-corrected chi connectivity index (χ1v) is 15.5. The van der Waals surface area contributed by atoms with E-state index in [4.69, 9.17) is 0 Å². The third-order valence-electron chi connectivity index (χ3n) is 8.75. The molecule has 9 nitrogen and oxygen atoms in total. The van der Waals surface area contributed by atoms with E-state index in [-0.39, 0.29) is 43.3 Å². The zero-order valence-electron chi connectivity index (χ0n) is 23.9. The lowest BCUT2D eigenvalue weighted by atomic mass is 9.83. The number of halogens is 1. The molecule has 5 rings (SSSR count). The second-order valence-corrected chi connectivity index (χ2v) is 12.5. The van der Waals surface area contributed by atoms with Crippen molar-refractivity contribution >= 4 is 45.0 Å². The fourth-order valence-electron chi connectivity index (χ4n) is 6.26. The lowest BCUT2D eigenvalue weighted by Gasteiger charge is -2.28. The largest absolute Gasteiger partial charge is 0.394 e. The number of carbonyl (C=O) groups excluding carboxylic acids is 3. The van der Waals surface area contributed by atoms with Crippen LogP contribution in [0, 0.1) is 11.8 Å². The maximum absolute atomic E-state index is 13.9. The number of rotatable bonds is 9. The van der Waals surface area contributed by atoms with Gasteiger partial charge in [-0.1, -0.05) is 47.1 Å². The number of nitrogens with one attached hydrogen (secondary N) is 2. The molecule has 0 aliphatic carbocycles. The van der Waals surface area contributed by atoms with Gasteiger partial charge in [0.1, 0.15) is 0 Å². The van der Waals surface area contributed by atoms with Gasteiger partial charge in [0.05, 0.1) is 30.8 Å². The highest BCUT2D eigenvalue weighted by Crippen LogP contribution is 2.46. The number of aliphatic hydroxyl groups excluding tert-OH is 1. The monoisotopic (exact) mass is 638 g/mol. The molecule has 224 valence electrons. The van der Waals surface area contributed by atoms with E-state index in [1.54, 1.807) is 34.9 Å². The summed E-state index contributed by atoms with van der Waals surface area (Å²) in [6.07, 6.45) is 7.12. The second kappa shape index (κ2) is 13.1. The van der Waals surface area contributed by atoms with Crippen molar-refractivity contribution in [2.75, 3.05) is 36.5 Å². The van der Waals surface area contributed by atoms with Crippen molar-refractivity contribution in [3.8, 4) is 0 Å². The third-order valence-corrected chi connectivity index (χ3v) is 9.24. The van der Waals surface area contributed by atoms with Crippen LogP contribution in [0.2, 0.25) is 0 Å². The molecule has 3 aliphatic rings. The summed E-state index contributed by atoms with van der Waals surface area (Å²) in [6, 6.07) is 12.7. The molecule has 4 N–H and O–H groups in total. The van der Waals surface area contributed by atoms with Crippen LogP contribution in [0.25, 0.3) is 0 Å². The van der Waals surface area contributed by atoms with Gasteiger partial charge in [-0.15, -0.1) is 0 Å². The van der Waals surface area contributed by atoms with E-state index in [1.807, 2.05) is 36.4 Å². The lowest BCUT2D eigenvalue weighted by Crippen LogP contribution is -2.44. The maximum atomic E-state index is 13.9. The predicted molar refractivity (Wildman–Crippen MR) is 165 cm³/mol. The van der Waals surface area contributed by atoms with Crippen LogP contribution in [0.3, 0.4) is 0 Å². The fourth-order valence-corrected chi connectivity index (χ4v) is 6.62. The van der Waals surface area contributed by atoms with Crippen LogP contribution in [0.1, 0.15) is 50.2 Å². The first-order chi connectivity index (χ1) is 20.2. The van der Waals surface area contributed by atoms with E-state index in [0.29, 0.717) is 30.0 Å². The minimum atomic E-state index is -1.80. The van der Waals surface area contributed by atoms with Gasteiger partial charge in [-0.2, -0.15) is 0 Å². The third kappa shape index (κ3) is 6.17. The summed E-state index contributed by atoms with van der Waals surface area (Å²) in [6.45, 7) is 4.25. The van der Waals surface area contributed by atoms with Crippen molar-refractivity contribution in [1.82, 2.24) is 10.2 Å². The van der Waals surface area contributed by atoms with Crippen LogP contribution in [0.15, 0.2) is 59.1 Å². The number of anilines is 2. The topological polar surface area (TPSA) is 122 Å².